The molecule has 0 bridgehead atoms. The van der Waals surface area contributed by atoms with Crippen molar-refractivity contribution < 1.29 is 23.7 Å². The van der Waals surface area contributed by atoms with E-state index in [4.69, 9.17) is 18.6 Å². The highest BCUT2D eigenvalue weighted by atomic mass is 28.4. The predicted molar refractivity (Wildman–Crippen MR) is 144 cm³/mol. The Bertz CT molecular complexity index is 1150. The third-order valence-electron chi connectivity index (χ3n) is 6.60. The highest BCUT2D eigenvalue weighted by Gasteiger charge is 2.39. The molecule has 194 valence electrons. The molecule has 3 aromatic rings. The second-order valence-corrected chi connectivity index (χ2v) is 15.2. The second kappa shape index (κ2) is 11.3. The summed E-state index contributed by atoms with van der Waals surface area (Å²) in [6.07, 6.45) is 1.31. The van der Waals surface area contributed by atoms with Gasteiger partial charge in [0.15, 0.2) is 14.1 Å². The van der Waals surface area contributed by atoms with E-state index in [2.05, 4.69) is 43.8 Å². The molecule has 0 unspecified atom stereocenters. The van der Waals surface area contributed by atoms with Gasteiger partial charge in [-0.25, -0.2) is 4.98 Å². The third kappa shape index (κ3) is 7.21. The van der Waals surface area contributed by atoms with E-state index >= 15 is 0 Å². The van der Waals surface area contributed by atoms with Crippen molar-refractivity contribution in [3.63, 3.8) is 0 Å². The van der Waals surface area contributed by atoms with Crippen LogP contribution in [0.4, 0.5) is 0 Å². The zero-order valence-electron chi connectivity index (χ0n) is 22.5. The lowest BCUT2D eigenvalue weighted by molar-refractivity contribution is 0.0677. The zero-order valence-corrected chi connectivity index (χ0v) is 23.5. The van der Waals surface area contributed by atoms with Gasteiger partial charge >= 0.3 is 0 Å². The molecule has 0 fully saturated rings. The molecule has 36 heavy (non-hydrogen) atoms. The van der Waals surface area contributed by atoms with Crippen molar-refractivity contribution in [2.75, 3.05) is 7.11 Å². The van der Waals surface area contributed by atoms with Crippen molar-refractivity contribution in [3.05, 3.63) is 60.3 Å². The van der Waals surface area contributed by atoms with Crippen LogP contribution < -0.4 is 14.2 Å². The van der Waals surface area contributed by atoms with Gasteiger partial charge in [0.05, 0.1) is 13.2 Å². The first kappa shape index (κ1) is 27.5. The standard InChI is InChI=1S/C28H38N2O5Si/c1-19(20(2)35-36(7,8)28(3,4)5)34-25-16-22(15-23(31)17-25)27-29-14-13-26(30-27)33-18-21-9-11-24(32-6)12-10-21/h9-17,19-20,31H,18H2,1-8H3/t19-,20+/m0/s1. The fourth-order valence-corrected chi connectivity index (χ4v) is 4.74. The van der Waals surface area contributed by atoms with Crippen molar-refractivity contribution in [1.29, 1.82) is 0 Å². The van der Waals surface area contributed by atoms with Crippen LogP contribution in [0.1, 0.15) is 40.2 Å². The molecular weight excluding hydrogens is 472 g/mol. The maximum absolute atomic E-state index is 10.4. The van der Waals surface area contributed by atoms with E-state index in [1.807, 2.05) is 44.2 Å². The molecule has 0 amide bonds. The van der Waals surface area contributed by atoms with E-state index in [9.17, 15) is 5.11 Å². The molecule has 2 atom stereocenters. The van der Waals surface area contributed by atoms with E-state index in [1.165, 1.54) is 0 Å². The normalized spacial score (nSPS) is 13.7. The molecule has 0 saturated carbocycles. The average molecular weight is 511 g/mol. The summed E-state index contributed by atoms with van der Waals surface area (Å²) in [7, 11) is -0.301. The van der Waals surface area contributed by atoms with Gasteiger partial charge in [0.25, 0.3) is 0 Å². The first-order chi connectivity index (χ1) is 16.9. The van der Waals surface area contributed by atoms with E-state index in [0.29, 0.717) is 29.6 Å². The lowest BCUT2D eigenvalue weighted by Gasteiger charge is -2.39. The first-order valence-electron chi connectivity index (χ1n) is 12.2. The van der Waals surface area contributed by atoms with Crippen LogP contribution in [0.25, 0.3) is 11.4 Å². The van der Waals surface area contributed by atoms with Gasteiger partial charge in [0, 0.05) is 23.9 Å². The van der Waals surface area contributed by atoms with Gasteiger partial charge in [-0.2, -0.15) is 4.98 Å². The maximum Gasteiger partial charge on any atom is 0.217 e. The molecule has 8 heteroatoms. The monoisotopic (exact) mass is 510 g/mol. The van der Waals surface area contributed by atoms with E-state index in [1.54, 1.807) is 31.5 Å². The van der Waals surface area contributed by atoms with Gasteiger partial charge in [0.1, 0.15) is 30.0 Å². The summed E-state index contributed by atoms with van der Waals surface area (Å²) in [6.45, 7) is 15.5. The topological polar surface area (TPSA) is 82.9 Å². The fraction of sp³-hybridized carbons (Fsp3) is 0.429. The van der Waals surface area contributed by atoms with Crippen LogP contribution in [0.2, 0.25) is 18.1 Å². The fourth-order valence-electron chi connectivity index (χ4n) is 3.27. The number of aromatic nitrogens is 2. The molecule has 0 radical (unpaired) electrons. The SMILES string of the molecule is COc1ccc(COc2ccnc(-c3cc(O)cc(O[C@@H](C)[C@@H](C)O[Si](C)(C)C(C)(C)C)c3)n2)cc1. The third-order valence-corrected chi connectivity index (χ3v) is 11.2. The Hall–Kier alpha value is -3.10. The van der Waals surface area contributed by atoms with E-state index in [0.717, 1.165) is 11.3 Å². The molecule has 3 rings (SSSR count). The molecule has 1 aromatic heterocycles. The Balaban J connectivity index is 1.71. The minimum Gasteiger partial charge on any atom is -0.508 e. The number of hydrogen-bond acceptors (Lipinski definition) is 7. The number of phenols is 1. The summed E-state index contributed by atoms with van der Waals surface area (Å²) in [5.41, 5.74) is 1.62. The average Bonchev–Trinajstić information content (AvgIpc) is 2.82. The lowest BCUT2D eigenvalue weighted by atomic mass is 10.2. The summed E-state index contributed by atoms with van der Waals surface area (Å²) in [5, 5.41) is 10.5. The highest BCUT2D eigenvalue weighted by Crippen LogP contribution is 2.38. The van der Waals surface area contributed by atoms with Crippen LogP contribution >= 0.6 is 0 Å². The number of phenolic OH excluding ortho intramolecular Hbond substituents is 1. The molecule has 0 saturated heterocycles. The number of aromatic hydroxyl groups is 1. The number of rotatable bonds is 10. The number of hydrogen-bond donors (Lipinski definition) is 1. The summed E-state index contributed by atoms with van der Waals surface area (Å²) >= 11 is 0. The molecule has 7 nitrogen and oxygen atoms in total. The van der Waals surface area contributed by atoms with Crippen LogP contribution in [-0.4, -0.2) is 42.7 Å². The first-order valence-corrected chi connectivity index (χ1v) is 15.1. The molecule has 1 heterocycles. The Morgan fingerprint density at radius 3 is 2.28 bits per heavy atom. The minimum absolute atomic E-state index is 0.0702. The quantitative estimate of drug-likeness (QED) is 0.307. The number of methoxy groups -OCH3 is 1. The Kier molecular flexibility index (Phi) is 8.63. The summed E-state index contributed by atoms with van der Waals surface area (Å²) < 4.78 is 23.7. The number of nitrogens with zero attached hydrogens (tertiary/aromatic N) is 2. The molecule has 2 aromatic carbocycles. The Morgan fingerprint density at radius 2 is 1.64 bits per heavy atom. The molecule has 0 aliphatic rings. The van der Waals surface area contributed by atoms with Crippen LogP contribution in [0.15, 0.2) is 54.7 Å². The van der Waals surface area contributed by atoms with Crippen LogP contribution in [-0.2, 0) is 11.0 Å². The second-order valence-electron chi connectivity index (χ2n) is 10.5. The predicted octanol–water partition coefficient (Wildman–Crippen LogP) is 6.61. The van der Waals surface area contributed by atoms with Crippen molar-refractivity contribution >= 4 is 8.32 Å². The number of ether oxygens (including phenoxy) is 3. The zero-order chi connectivity index (χ0) is 26.5. The van der Waals surface area contributed by atoms with Crippen molar-refractivity contribution in [1.82, 2.24) is 9.97 Å². The Morgan fingerprint density at radius 1 is 0.944 bits per heavy atom. The van der Waals surface area contributed by atoms with Gasteiger partial charge in [-0.15, -0.1) is 0 Å². The van der Waals surface area contributed by atoms with Crippen molar-refractivity contribution in [3.8, 4) is 34.5 Å². The minimum atomic E-state index is -1.94. The van der Waals surface area contributed by atoms with Crippen LogP contribution in [0.5, 0.6) is 23.1 Å². The molecular formula is C28H38N2O5Si. The van der Waals surface area contributed by atoms with Gasteiger partial charge in [-0.1, -0.05) is 32.9 Å². The lowest BCUT2D eigenvalue weighted by Crippen LogP contribution is -2.46. The van der Waals surface area contributed by atoms with Gasteiger partial charge < -0.3 is 23.7 Å². The van der Waals surface area contributed by atoms with Gasteiger partial charge in [-0.05, 0) is 61.8 Å². The summed E-state index contributed by atoms with van der Waals surface area (Å²) in [4.78, 5) is 8.89. The van der Waals surface area contributed by atoms with Gasteiger partial charge in [-0.3, -0.25) is 0 Å². The van der Waals surface area contributed by atoms with Crippen molar-refractivity contribution in [2.45, 2.75) is 71.6 Å². The highest BCUT2D eigenvalue weighted by molar-refractivity contribution is 6.74. The molecule has 0 spiro atoms. The summed E-state index contributed by atoms with van der Waals surface area (Å²) in [6, 6.07) is 14.4. The molecule has 1 N–H and O–H groups in total. The van der Waals surface area contributed by atoms with Crippen LogP contribution in [0.3, 0.4) is 0 Å². The summed E-state index contributed by atoms with van der Waals surface area (Å²) in [5.74, 6) is 2.25. The van der Waals surface area contributed by atoms with Crippen molar-refractivity contribution in [2.24, 2.45) is 0 Å². The van der Waals surface area contributed by atoms with Crippen LogP contribution in [0, 0.1) is 0 Å². The smallest absolute Gasteiger partial charge is 0.217 e. The molecule has 0 aliphatic heterocycles. The molecule has 0 aliphatic carbocycles. The maximum atomic E-state index is 10.4. The number of benzene rings is 2. The van der Waals surface area contributed by atoms with Gasteiger partial charge in [0.2, 0.25) is 5.88 Å². The largest absolute Gasteiger partial charge is 0.508 e. The van der Waals surface area contributed by atoms with E-state index < -0.39 is 8.32 Å². The Labute approximate surface area is 215 Å². The van der Waals surface area contributed by atoms with E-state index in [-0.39, 0.29) is 23.0 Å².